The number of nitro groups is 1. The zero-order valence-corrected chi connectivity index (χ0v) is 10.8. The lowest BCUT2D eigenvalue weighted by Gasteiger charge is -2.23. The van der Waals surface area contributed by atoms with Gasteiger partial charge in [-0.1, -0.05) is 6.08 Å². The van der Waals surface area contributed by atoms with E-state index in [2.05, 4.69) is 0 Å². The Hall–Kier alpha value is -1.89. The van der Waals surface area contributed by atoms with E-state index >= 15 is 0 Å². The fourth-order valence-electron chi connectivity index (χ4n) is 2.18. The van der Waals surface area contributed by atoms with Crippen LogP contribution in [0.1, 0.15) is 17.5 Å². The first-order chi connectivity index (χ1) is 9.29. The van der Waals surface area contributed by atoms with E-state index in [0.29, 0.717) is 31.1 Å². The number of alkyl halides is 3. The van der Waals surface area contributed by atoms with Gasteiger partial charge in [0, 0.05) is 25.2 Å². The van der Waals surface area contributed by atoms with Crippen LogP contribution in [0.4, 0.5) is 18.9 Å². The molecule has 0 bridgehead atoms. The molecule has 1 aromatic rings. The second-order valence-corrected chi connectivity index (χ2v) is 4.73. The first-order valence-corrected chi connectivity index (χ1v) is 6.02. The van der Waals surface area contributed by atoms with Crippen molar-refractivity contribution in [3.63, 3.8) is 0 Å². The van der Waals surface area contributed by atoms with Crippen molar-refractivity contribution in [2.45, 2.75) is 12.6 Å². The largest absolute Gasteiger partial charge is 0.417 e. The molecule has 1 aromatic carbocycles. The molecule has 1 heterocycles. The summed E-state index contributed by atoms with van der Waals surface area (Å²) in [6, 6.07) is 2.91. The molecular weight excluding hydrogens is 273 g/mol. The summed E-state index contributed by atoms with van der Waals surface area (Å²) in [6.07, 6.45) is -2.37. The SMILES string of the molecule is CN1CC=C(c2ccc([N+](=O)[O-])cc2C(F)(F)F)CC1. The number of rotatable bonds is 2. The second kappa shape index (κ2) is 5.24. The number of likely N-dealkylation sites (N-methyl/N-ethyl adjacent to an activating group) is 1. The Balaban J connectivity index is 2.50. The maximum atomic E-state index is 13.1. The van der Waals surface area contributed by atoms with E-state index in [1.54, 1.807) is 6.08 Å². The van der Waals surface area contributed by atoms with Crippen molar-refractivity contribution < 1.29 is 18.1 Å². The molecule has 1 aliphatic heterocycles. The highest BCUT2D eigenvalue weighted by Crippen LogP contribution is 2.38. The van der Waals surface area contributed by atoms with Gasteiger partial charge in [0.15, 0.2) is 0 Å². The molecular formula is C13H13F3N2O2. The van der Waals surface area contributed by atoms with Crippen molar-refractivity contribution in [2.75, 3.05) is 20.1 Å². The van der Waals surface area contributed by atoms with Crippen LogP contribution in [0.25, 0.3) is 5.57 Å². The summed E-state index contributed by atoms with van der Waals surface area (Å²) in [5.74, 6) is 0. The molecule has 0 N–H and O–H groups in total. The van der Waals surface area contributed by atoms with E-state index in [0.717, 1.165) is 6.07 Å². The third kappa shape index (κ3) is 2.98. The average Bonchev–Trinajstić information content (AvgIpc) is 2.38. The van der Waals surface area contributed by atoms with Crippen LogP contribution in [0.5, 0.6) is 0 Å². The van der Waals surface area contributed by atoms with Crippen LogP contribution in [0.15, 0.2) is 24.3 Å². The van der Waals surface area contributed by atoms with E-state index < -0.39 is 22.4 Å². The van der Waals surface area contributed by atoms with Gasteiger partial charge in [0.1, 0.15) is 0 Å². The van der Waals surface area contributed by atoms with Gasteiger partial charge in [-0.2, -0.15) is 13.2 Å². The number of hydrogen-bond donors (Lipinski definition) is 0. The van der Waals surface area contributed by atoms with E-state index in [-0.39, 0.29) is 5.56 Å². The summed E-state index contributed by atoms with van der Waals surface area (Å²) in [5.41, 5.74) is -0.862. The predicted molar refractivity (Wildman–Crippen MR) is 68.2 cm³/mol. The van der Waals surface area contributed by atoms with Gasteiger partial charge in [-0.15, -0.1) is 0 Å². The van der Waals surface area contributed by atoms with Crippen LogP contribution >= 0.6 is 0 Å². The highest BCUT2D eigenvalue weighted by atomic mass is 19.4. The molecule has 0 aliphatic carbocycles. The minimum absolute atomic E-state index is 0.0381. The van der Waals surface area contributed by atoms with Gasteiger partial charge in [0.2, 0.25) is 0 Å². The highest BCUT2D eigenvalue weighted by Gasteiger charge is 2.36. The number of benzene rings is 1. The fourth-order valence-corrected chi connectivity index (χ4v) is 2.18. The van der Waals surface area contributed by atoms with Crippen LogP contribution in [0.2, 0.25) is 0 Å². The third-order valence-corrected chi connectivity index (χ3v) is 3.28. The first-order valence-electron chi connectivity index (χ1n) is 6.02. The fraction of sp³-hybridized carbons (Fsp3) is 0.385. The van der Waals surface area contributed by atoms with Gasteiger partial charge in [-0.05, 0) is 30.7 Å². The van der Waals surface area contributed by atoms with Gasteiger partial charge >= 0.3 is 6.18 Å². The molecule has 0 saturated heterocycles. The number of non-ortho nitro benzene ring substituents is 1. The van der Waals surface area contributed by atoms with Crippen molar-refractivity contribution in [1.82, 2.24) is 4.90 Å². The van der Waals surface area contributed by atoms with E-state index in [4.69, 9.17) is 0 Å². The second-order valence-electron chi connectivity index (χ2n) is 4.73. The zero-order valence-electron chi connectivity index (χ0n) is 10.8. The predicted octanol–water partition coefficient (Wildman–Crippen LogP) is 3.33. The summed E-state index contributed by atoms with van der Waals surface area (Å²) in [7, 11) is 1.88. The summed E-state index contributed by atoms with van der Waals surface area (Å²) in [5, 5.41) is 10.6. The Kier molecular flexibility index (Phi) is 3.80. The Morgan fingerprint density at radius 1 is 1.35 bits per heavy atom. The minimum Gasteiger partial charge on any atom is -0.302 e. The molecule has 0 fully saturated rings. The Labute approximate surface area is 113 Å². The molecule has 0 radical (unpaired) electrons. The Morgan fingerprint density at radius 2 is 2.05 bits per heavy atom. The quantitative estimate of drug-likeness (QED) is 0.619. The van der Waals surface area contributed by atoms with Gasteiger partial charge in [0.05, 0.1) is 10.5 Å². The van der Waals surface area contributed by atoms with Crippen molar-refractivity contribution in [3.8, 4) is 0 Å². The molecule has 0 spiro atoms. The Bertz CT molecular complexity index is 567. The standard InChI is InChI=1S/C13H13F3N2O2/c1-17-6-4-9(5-7-17)11-3-2-10(18(19)20)8-12(11)13(14,15)16/h2-4,8H,5-7H2,1H3. The minimum atomic E-state index is -4.61. The van der Waals surface area contributed by atoms with Gasteiger partial charge in [-0.25, -0.2) is 0 Å². The summed E-state index contributed by atoms with van der Waals surface area (Å²) < 4.78 is 39.2. The molecule has 4 nitrogen and oxygen atoms in total. The normalized spacial score (nSPS) is 16.9. The van der Waals surface area contributed by atoms with Gasteiger partial charge in [0.25, 0.3) is 5.69 Å². The molecule has 0 amide bonds. The number of hydrogen-bond acceptors (Lipinski definition) is 3. The average molecular weight is 286 g/mol. The van der Waals surface area contributed by atoms with Crippen molar-refractivity contribution in [1.29, 1.82) is 0 Å². The maximum Gasteiger partial charge on any atom is 0.417 e. The van der Waals surface area contributed by atoms with E-state index in [1.807, 2.05) is 11.9 Å². The number of nitro benzene ring substituents is 1. The van der Waals surface area contributed by atoms with Crippen molar-refractivity contribution in [3.05, 3.63) is 45.5 Å². The molecule has 2 rings (SSSR count). The molecule has 1 aliphatic rings. The van der Waals surface area contributed by atoms with Crippen LogP contribution in [0, 0.1) is 10.1 Å². The molecule has 0 unspecified atom stereocenters. The molecule has 20 heavy (non-hydrogen) atoms. The van der Waals surface area contributed by atoms with E-state index in [1.165, 1.54) is 6.07 Å². The lowest BCUT2D eigenvalue weighted by Crippen LogP contribution is -2.24. The zero-order chi connectivity index (χ0) is 14.9. The molecule has 0 atom stereocenters. The third-order valence-electron chi connectivity index (χ3n) is 3.28. The van der Waals surface area contributed by atoms with E-state index in [9.17, 15) is 23.3 Å². The van der Waals surface area contributed by atoms with Gasteiger partial charge < -0.3 is 4.90 Å². The lowest BCUT2D eigenvalue weighted by molar-refractivity contribution is -0.385. The topological polar surface area (TPSA) is 46.4 Å². The lowest BCUT2D eigenvalue weighted by atomic mass is 9.94. The Morgan fingerprint density at radius 3 is 2.55 bits per heavy atom. The maximum absolute atomic E-state index is 13.1. The first kappa shape index (κ1) is 14.5. The van der Waals surface area contributed by atoms with Crippen LogP contribution < -0.4 is 0 Å². The van der Waals surface area contributed by atoms with Crippen LogP contribution in [-0.2, 0) is 6.18 Å². The molecule has 108 valence electrons. The summed E-state index contributed by atoms with van der Waals surface area (Å²) in [6.45, 7) is 1.24. The monoisotopic (exact) mass is 286 g/mol. The molecule has 7 heteroatoms. The highest BCUT2D eigenvalue weighted by molar-refractivity contribution is 5.71. The van der Waals surface area contributed by atoms with Crippen molar-refractivity contribution in [2.24, 2.45) is 0 Å². The number of halogens is 3. The van der Waals surface area contributed by atoms with Crippen LogP contribution in [-0.4, -0.2) is 30.0 Å². The van der Waals surface area contributed by atoms with Gasteiger partial charge in [-0.3, -0.25) is 10.1 Å². The van der Waals surface area contributed by atoms with Crippen LogP contribution in [0.3, 0.4) is 0 Å². The molecule has 0 saturated carbocycles. The summed E-state index contributed by atoms with van der Waals surface area (Å²) >= 11 is 0. The number of nitrogens with zero attached hydrogens (tertiary/aromatic N) is 2. The smallest absolute Gasteiger partial charge is 0.302 e. The van der Waals surface area contributed by atoms with Crippen molar-refractivity contribution >= 4 is 11.3 Å². The molecule has 0 aromatic heterocycles. The summed E-state index contributed by atoms with van der Waals surface area (Å²) in [4.78, 5) is 11.8.